The number of esters is 1. The summed E-state index contributed by atoms with van der Waals surface area (Å²) in [6, 6.07) is 0.461. The third kappa shape index (κ3) is 0.601. The standard InChI is InChI=1S/C8H11NO2/c10-8-5-1-3-9-4-2-6(11-8)7(5)9/h5-7H,1-4H2/t5-,6+,7-/m0/s1. The molecule has 3 nitrogen and oxygen atoms in total. The Bertz CT molecular complexity index is 216. The Morgan fingerprint density at radius 3 is 3.09 bits per heavy atom. The van der Waals surface area contributed by atoms with Crippen LogP contribution in [0.15, 0.2) is 0 Å². The van der Waals surface area contributed by atoms with Crippen molar-refractivity contribution in [2.75, 3.05) is 13.1 Å². The predicted octanol–water partition coefficient (Wildman–Crippen LogP) is 0.00600. The lowest BCUT2D eigenvalue weighted by atomic mass is 10.0. The second-order valence-electron chi connectivity index (χ2n) is 3.69. The van der Waals surface area contributed by atoms with E-state index in [0.29, 0.717) is 6.04 Å². The summed E-state index contributed by atoms with van der Waals surface area (Å²) in [5.74, 6) is 0.282. The molecule has 0 spiro atoms. The average Bonchev–Trinajstić information content (AvgIpc) is 2.53. The van der Waals surface area contributed by atoms with Crippen LogP contribution < -0.4 is 0 Å². The van der Waals surface area contributed by atoms with Crippen LogP contribution >= 0.6 is 0 Å². The number of hydrogen-bond acceptors (Lipinski definition) is 3. The second kappa shape index (κ2) is 1.78. The smallest absolute Gasteiger partial charge is 0.311 e. The third-order valence-corrected chi connectivity index (χ3v) is 3.21. The van der Waals surface area contributed by atoms with E-state index in [1.165, 1.54) is 0 Å². The Hall–Kier alpha value is -0.570. The first kappa shape index (κ1) is 6.00. The van der Waals surface area contributed by atoms with Gasteiger partial charge in [-0.2, -0.15) is 0 Å². The monoisotopic (exact) mass is 153 g/mol. The molecule has 0 aromatic carbocycles. The first-order chi connectivity index (χ1) is 5.36. The number of nitrogens with zero attached hydrogens (tertiary/aromatic N) is 1. The number of carbonyl (C=O) groups is 1. The van der Waals surface area contributed by atoms with E-state index in [-0.39, 0.29) is 18.0 Å². The molecule has 0 N–H and O–H groups in total. The number of carbonyl (C=O) groups excluding carboxylic acids is 1. The van der Waals surface area contributed by atoms with Gasteiger partial charge < -0.3 is 4.74 Å². The highest BCUT2D eigenvalue weighted by molar-refractivity contribution is 5.76. The van der Waals surface area contributed by atoms with Crippen molar-refractivity contribution in [3.8, 4) is 0 Å². The van der Waals surface area contributed by atoms with Gasteiger partial charge >= 0.3 is 5.97 Å². The maximum absolute atomic E-state index is 11.2. The minimum Gasteiger partial charge on any atom is -0.460 e. The van der Waals surface area contributed by atoms with Crippen molar-refractivity contribution in [1.29, 1.82) is 0 Å². The molecule has 0 aromatic heterocycles. The summed E-state index contributed by atoms with van der Waals surface area (Å²) >= 11 is 0. The van der Waals surface area contributed by atoms with Gasteiger partial charge in [0.15, 0.2) is 0 Å². The second-order valence-corrected chi connectivity index (χ2v) is 3.69. The largest absolute Gasteiger partial charge is 0.460 e. The fraction of sp³-hybridized carbons (Fsp3) is 0.875. The highest BCUT2D eigenvalue weighted by atomic mass is 16.6. The zero-order chi connectivity index (χ0) is 7.42. The van der Waals surface area contributed by atoms with Gasteiger partial charge in [0, 0.05) is 6.54 Å². The zero-order valence-electron chi connectivity index (χ0n) is 6.32. The molecule has 0 bridgehead atoms. The minimum atomic E-state index is 0.0576. The molecule has 3 saturated heterocycles. The third-order valence-electron chi connectivity index (χ3n) is 3.21. The lowest BCUT2D eigenvalue weighted by Gasteiger charge is -2.13. The van der Waals surface area contributed by atoms with Gasteiger partial charge in [-0.1, -0.05) is 0 Å². The van der Waals surface area contributed by atoms with E-state index in [1.807, 2.05) is 0 Å². The Labute approximate surface area is 65.3 Å². The molecule has 0 unspecified atom stereocenters. The van der Waals surface area contributed by atoms with Crippen LogP contribution in [-0.4, -0.2) is 36.1 Å². The Balaban J connectivity index is 1.99. The van der Waals surface area contributed by atoms with Gasteiger partial charge in [-0.15, -0.1) is 0 Å². The summed E-state index contributed by atoms with van der Waals surface area (Å²) in [5.41, 5.74) is 0. The summed E-state index contributed by atoms with van der Waals surface area (Å²) in [4.78, 5) is 13.6. The Morgan fingerprint density at radius 1 is 1.36 bits per heavy atom. The molecule has 0 aromatic rings. The maximum Gasteiger partial charge on any atom is 0.311 e. The van der Waals surface area contributed by atoms with Crippen molar-refractivity contribution >= 4 is 5.97 Å². The van der Waals surface area contributed by atoms with E-state index in [2.05, 4.69) is 4.90 Å². The van der Waals surface area contributed by atoms with Crippen LogP contribution in [0.5, 0.6) is 0 Å². The van der Waals surface area contributed by atoms with Gasteiger partial charge in [0.25, 0.3) is 0 Å². The summed E-state index contributed by atoms with van der Waals surface area (Å²) < 4.78 is 5.24. The first-order valence-corrected chi connectivity index (χ1v) is 4.31. The summed E-state index contributed by atoms with van der Waals surface area (Å²) in [6.07, 6.45) is 2.34. The van der Waals surface area contributed by atoms with Crippen molar-refractivity contribution in [2.45, 2.75) is 25.0 Å². The van der Waals surface area contributed by atoms with Gasteiger partial charge in [0.1, 0.15) is 6.10 Å². The number of ether oxygens (including phenoxy) is 1. The summed E-state index contributed by atoms with van der Waals surface area (Å²) in [6.45, 7) is 2.25. The fourth-order valence-corrected chi connectivity index (χ4v) is 2.72. The first-order valence-electron chi connectivity index (χ1n) is 4.31. The van der Waals surface area contributed by atoms with Gasteiger partial charge in [-0.3, -0.25) is 9.69 Å². The van der Waals surface area contributed by atoms with Crippen LogP contribution in [-0.2, 0) is 9.53 Å². The van der Waals surface area contributed by atoms with Crippen molar-refractivity contribution in [3.05, 3.63) is 0 Å². The minimum absolute atomic E-state index is 0.0576. The average molecular weight is 153 g/mol. The molecule has 0 amide bonds. The molecule has 3 fully saturated rings. The van der Waals surface area contributed by atoms with Gasteiger partial charge in [0.2, 0.25) is 0 Å². The molecule has 3 heterocycles. The molecule has 3 rings (SSSR count). The molecule has 11 heavy (non-hydrogen) atoms. The maximum atomic E-state index is 11.2. The topological polar surface area (TPSA) is 29.5 Å². The van der Waals surface area contributed by atoms with Crippen molar-refractivity contribution in [1.82, 2.24) is 4.90 Å². The lowest BCUT2D eigenvalue weighted by molar-refractivity contribution is -0.144. The van der Waals surface area contributed by atoms with Crippen LogP contribution in [0.2, 0.25) is 0 Å². The Morgan fingerprint density at radius 2 is 2.18 bits per heavy atom. The molecular weight excluding hydrogens is 142 g/mol. The molecule has 3 atom stereocenters. The molecule has 60 valence electrons. The van der Waals surface area contributed by atoms with Crippen LogP contribution in [0, 0.1) is 5.92 Å². The molecule has 0 radical (unpaired) electrons. The van der Waals surface area contributed by atoms with Crippen LogP contribution in [0.4, 0.5) is 0 Å². The SMILES string of the molecule is O=C1O[C@@H]2CCN3CC[C@H]1[C@@H]23. The van der Waals surface area contributed by atoms with Crippen LogP contribution in [0.3, 0.4) is 0 Å². The van der Waals surface area contributed by atoms with E-state index in [9.17, 15) is 4.79 Å². The molecular formula is C8H11NO2. The van der Waals surface area contributed by atoms with E-state index in [0.717, 1.165) is 25.9 Å². The van der Waals surface area contributed by atoms with Crippen LogP contribution in [0.25, 0.3) is 0 Å². The lowest BCUT2D eigenvalue weighted by Crippen LogP contribution is -2.29. The molecule has 3 aliphatic rings. The van der Waals surface area contributed by atoms with E-state index < -0.39 is 0 Å². The number of hydrogen-bond donors (Lipinski definition) is 0. The Kier molecular flexibility index (Phi) is 0.969. The van der Waals surface area contributed by atoms with E-state index in [4.69, 9.17) is 4.74 Å². The summed E-state index contributed by atoms with van der Waals surface area (Å²) in [7, 11) is 0. The van der Waals surface area contributed by atoms with Gasteiger partial charge in [-0.05, 0) is 19.4 Å². The quantitative estimate of drug-likeness (QED) is 0.459. The van der Waals surface area contributed by atoms with Crippen molar-refractivity contribution in [3.63, 3.8) is 0 Å². The fourth-order valence-electron chi connectivity index (χ4n) is 2.72. The summed E-state index contributed by atoms with van der Waals surface area (Å²) in [5, 5.41) is 0. The zero-order valence-corrected chi connectivity index (χ0v) is 6.32. The number of rotatable bonds is 0. The molecule has 3 aliphatic heterocycles. The van der Waals surface area contributed by atoms with Gasteiger partial charge in [-0.25, -0.2) is 0 Å². The van der Waals surface area contributed by atoms with Crippen molar-refractivity contribution in [2.24, 2.45) is 5.92 Å². The normalized spacial score (nSPS) is 48.0. The predicted molar refractivity (Wildman–Crippen MR) is 38.0 cm³/mol. The molecule has 0 saturated carbocycles. The van der Waals surface area contributed by atoms with Crippen LogP contribution in [0.1, 0.15) is 12.8 Å². The van der Waals surface area contributed by atoms with Crippen molar-refractivity contribution < 1.29 is 9.53 Å². The van der Waals surface area contributed by atoms with E-state index in [1.54, 1.807) is 0 Å². The van der Waals surface area contributed by atoms with E-state index >= 15 is 0 Å². The molecule has 3 heteroatoms. The molecule has 0 aliphatic carbocycles. The van der Waals surface area contributed by atoms with Gasteiger partial charge in [0.05, 0.1) is 12.0 Å². The highest BCUT2D eigenvalue weighted by Crippen LogP contribution is 2.40. The highest BCUT2D eigenvalue weighted by Gasteiger charge is 2.54.